The van der Waals surface area contributed by atoms with Gasteiger partial charge in [0.15, 0.2) is 0 Å². The van der Waals surface area contributed by atoms with E-state index in [2.05, 4.69) is 15.3 Å². The van der Waals surface area contributed by atoms with Crippen molar-refractivity contribution >= 4 is 17.5 Å². The molecule has 0 atom stereocenters. The van der Waals surface area contributed by atoms with Crippen molar-refractivity contribution in [3.8, 4) is 5.75 Å². The first-order chi connectivity index (χ1) is 8.65. The number of benzene rings is 1. The first kappa shape index (κ1) is 14.0. The second-order valence-electron chi connectivity index (χ2n) is 3.64. The topological polar surface area (TPSA) is 59.9 Å². The SMILES string of the molecule is CCOc1ccc(NC(=O)O/N=C(\C)CC)cc1. The molecule has 1 aromatic rings. The van der Waals surface area contributed by atoms with E-state index in [1.54, 1.807) is 31.2 Å². The molecule has 0 radical (unpaired) electrons. The zero-order valence-electron chi connectivity index (χ0n) is 10.9. The Morgan fingerprint density at radius 3 is 2.50 bits per heavy atom. The quantitative estimate of drug-likeness (QED) is 0.495. The van der Waals surface area contributed by atoms with Crippen molar-refractivity contribution in [3.05, 3.63) is 24.3 Å². The fraction of sp³-hybridized carbons (Fsp3) is 0.385. The number of oxime groups is 1. The van der Waals surface area contributed by atoms with Crippen LogP contribution in [0.1, 0.15) is 27.2 Å². The molecule has 1 aromatic carbocycles. The molecule has 5 nitrogen and oxygen atoms in total. The first-order valence-electron chi connectivity index (χ1n) is 5.90. The summed E-state index contributed by atoms with van der Waals surface area (Å²) >= 11 is 0. The summed E-state index contributed by atoms with van der Waals surface area (Å²) in [5.74, 6) is 0.760. The van der Waals surface area contributed by atoms with Crippen LogP contribution in [0.3, 0.4) is 0 Å². The van der Waals surface area contributed by atoms with Gasteiger partial charge in [0.1, 0.15) is 5.75 Å². The van der Waals surface area contributed by atoms with Gasteiger partial charge >= 0.3 is 6.09 Å². The Hall–Kier alpha value is -2.04. The third kappa shape index (κ3) is 4.86. The van der Waals surface area contributed by atoms with Crippen LogP contribution >= 0.6 is 0 Å². The third-order valence-electron chi connectivity index (χ3n) is 2.21. The zero-order valence-corrected chi connectivity index (χ0v) is 10.9. The van der Waals surface area contributed by atoms with Gasteiger partial charge in [-0.2, -0.15) is 0 Å². The van der Waals surface area contributed by atoms with Crippen LogP contribution in [0, 0.1) is 0 Å². The Bertz CT molecular complexity index is 413. The predicted octanol–water partition coefficient (Wildman–Crippen LogP) is 3.42. The highest BCUT2D eigenvalue weighted by atomic mass is 16.7. The van der Waals surface area contributed by atoms with E-state index >= 15 is 0 Å². The number of amides is 1. The Balaban J connectivity index is 2.49. The van der Waals surface area contributed by atoms with E-state index in [1.807, 2.05) is 13.8 Å². The van der Waals surface area contributed by atoms with Crippen LogP contribution in [0.4, 0.5) is 10.5 Å². The second kappa shape index (κ2) is 7.32. The number of carbonyl (C=O) groups excluding carboxylic acids is 1. The van der Waals surface area contributed by atoms with Gasteiger partial charge in [-0.25, -0.2) is 4.79 Å². The van der Waals surface area contributed by atoms with Gasteiger partial charge < -0.3 is 4.74 Å². The van der Waals surface area contributed by atoms with Crippen molar-refractivity contribution < 1.29 is 14.4 Å². The Labute approximate surface area is 107 Å². The van der Waals surface area contributed by atoms with Gasteiger partial charge in [0.05, 0.1) is 12.3 Å². The molecule has 1 N–H and O–H groups in total. The summed E-state index contributed by atoms with van der Waals surface area (Å²) in [6.45, 7) is 6.26. The van der Waals surface area contributed by atoms with Gasteiger partial charge in [0.25, 0.3) is 0 Å². The number of anilines is 1. The van der Waals surface area contributed by atoms with Crippen molar-refractivity contribution in [3.63, 3.8) is 0 Å². The highest BCUT2D eigenvalue weighted by Crippen LogP contribution is 2.15. The molecule has 5 heteroatoms. The molecule has 0 fully saturated rings. The molecule has 0 aromatic heterocycles. The summed E-state index contributed by atoms with van der Waals surface area (Å²) in [6, 6.07) is 7.03. The van der Waals surface area contributed by atoms with E-state index in [1.165, 1.54) is 0 Å². The molecule has 0 unspecified atom stereocenters. The lowest BCUT2D eigenvalue weighted by atomic mass is 10.3. The fourth-order valence-electron chi connectivity index (χ4n) is 1.13. The van der Waals surface area contributed by atoms with Gasteiger partial charge in [-0.15, -0.1) is 0 Å². The number of rotatable bonds is 5. The van der Waals surface area contributed by atoms with E-state index in [0.717, 1.165) is 17.9 Å². The highest BCUT2D eigenvalue weighted by molar-refractivity contribution is 5.86. The summed E-state index contributed by atoms with van der Waals surface area (Å²) in [5.41, 5.74) is 1.39. The number of ether oxygens (including phenoxy) is 1. The standard InChI is InChI=1S/C13H18N2O3/c1-4-10(3)15-18-13(16)14-11-6-8-12(9-7-11)17-5-2/h6-9H,4-5H2,1-3H3,(H,14,16)/b15-10+. The van der Waals surface area contributed by atoms with Crippen LogP contribution in [-0.2, 0) is 4.84 Å². The number of hydrogen-bond donors (Lipinski definition) is 1. The third-order valence-corrected chi connectivity index (χ3v) is 2.21. The van der Waals surface area contributed by atoms with Crippen LogP contribution < -0.4 is 10.1 Å². The maximum atomic E-state index is 11.4. The zero-order chi connectivity index (χ0) is 13.4. The van der Waals surface area contributed by atoms with Crippen LogP contribution in [0.5, 0.6) is 5.75 Å². The number of carbonyl (C=O) groups is 1. The van der Waals surface area contributed by atoms with Crippen LogP contribution in [0.15, 0.2) is 29.4 Å². The van der Waals surface area contributed by atoms with Crippen LogP contribution in [0.2, 0.25) is 0 Å². The van der Waals surface area contributed by atoms with Crippen molar-refractivity contribution in [2.75, 3.05) is 11.9 Å². The van der Waals surface area contributed by atoms with Crippen molar-refractivity contribution in [2.45, 2.75) is 27.2 Å². The Kier molecular flexibility index (Phi) is 5.70. The molecule has 0 spiro atoms. The number of nitrogens with one attached hydrogen (secondary N) is 1. The minimum atomic E-state index is -0.605. The predicted molar refractivity (Wildman–Crippen MR) is 71.1 cm³/mol. The summed E-state index contributed by atoms with van der Waals surface area (Å²) < 4.78 is 5.29. The summed E-state index contributed by atoms with van der Waals surface area (Å²) in [4.78, 5) is 16.1. The smallest absolute Gasteiger partial charge is 0.437 e. The second-order valence-corrected chi connectivity index (χ2v) is 3.64. The first-order valence-corrected chi connectivity index (χ1v) is 5.90. The van der Waals surface area contributed by atoms with Crippen molar-refractivity contribution in [2.24, 2.45) is 5.16 Å². The van der Waals surface area contributed by atoms with Gasteiger partial charge in [-0.1, -0.05) is 12.1 Å². The van der Waals surface area contributed by atoms with Crippen molar-refractivity contribution in [1.82, 2.24) is 0 Å². The summed E-state index contributed by atoms with van der Waals surface area (Å²) in [5, 5.41) is 6.23. The maximum Gasteiger partial charge on any atom is 0.437 e. The van der Waals surface area contributed by atoms with E-state index in [-0.39, 0.29) is 0 Å². The lowest BCUT2D eigenvalue weighted by Gasteiger charge is -2.05. The van der Waals surface area contributed by atoms with E-state index < -0.39 is 6.09 Å². The monoisotopic (exact) mass is 250 g/mol. The molecule has 1 rings (SSSR count). The van der Waals surface area contributed by atoms with E-state index in [4.69, 9.17) is 4.74 Å². The average Bonchev–Trinajstić information content (AvgIpc) is 2.38. The summed E-state index contributed by atoms with van der Waals surface area (Å²) in [6.07, 6.45) is 0.142. The molecular weight excluding hydrogens is 232 g/mol. The van der Waals surface area contributed by atoms with E-state index in [9.17, 15) is 4.79 Å². The van der Waals surface area contributed by atoms with Crippen LogP contribution in [0.25, 0.3) is 0 Å². The largest absolute Gasteiger partial charge is 0.494 e. The lowest BCUT2D eigenvalue weighted by Crippen LogP contribution is -2.11. The van der Waals surface area contributed by atoms with Gasteiger partial charge in [-0.05, 0) is 44.5 Å². The Morgan fingerprint density at radius 1 is 1.28 bits per heavy atom. The minimum Gasteiger partial charge on any atom is -0.494 e. The van der Waals surface area contributed by atoms with Crippen molar-refractivity contribution in [1.29, 1.82) is 0 Å². The molecule has 0 saturated carbocycles. The van der Waals surface area contributed by atoms with Gasteiger partial charge in [0, 0.05) is 5.69 Å². The molecule has 0 aliphatic heterocycles. The molecule has 98 valence electrons. The molecule has 0 bridgehead atoms. The highest BCUT2D eigenvalue weighted by Gasteiger charge is 2.03. The molecular formula is C13H18N2O3. The molecule has 18 heavy (non-hydrogen) atoms. The van der Waals surface area contributed by atoms with E-state index in [0.29, 0.717) is 12.3 Å². The molecule has 0 aliphatic carbocycles. The molecule has 0 heterocycles. The summed E-state index contributed by atoms with van der Waals surface area (Å²) in [7, 11) is 0. The fourth-order valence-corrected chi connectivity index (χ4v) is 1.13. The maximum absolute atomic E-state index is 11.4. The lowest BCUT2D eigenvalue weighted by molar-refractivity contribution is 0.166. The molecule has 0 saturated heterocycles. The van der Waals surface area contributed by atoms with Crippen LogP contribution in [-0.4, -0.2) is 18.4 Å². The van der Waals surface area contributed by atoms with Gasteiger partial charge in [-0.3, -0.25) is 10.2 Å². The Morgan fingerprint density at radius 2 is 1.94 bits per heavy atom. The van der Waals surface area contributed by atoms with Gasteiger partial charge in [0.2, 0.25) is 0 Å². The average molecular weight is 250 g/mol. The normalized spacial score (nSPS) is 10.9. The minimum absolute atomic E-state index is 0.605. The molecule has 1 amide bonds. The molecule has 0 aliphatic rings. The number of nitrogens with zero attached hydrogens (tertiary/aromatic N) is 1. The number of hydrogen-bond acceptors (Lipinski definition) is 4.